The minimum absolute atomic E-state index is 0.0711. The van der Waals surface area contributed by atoms with E-state index in [0.717, 1.165) is 14.5 Å². The molecule has 2 aromatic carbocycles. The molecule has 0 aliphatic heterocycles. The lowest BCUT2D eigenvalue weighted by Gasteiger charge is -2.12. The van der Waals surface area contributed by atoms with Gasteiger partial charge in [0.2, 0.25) is 0 Å². The van der Waals surface area contributed by atoms with Crippen LogP contribution in [0, 0.1) is 6.92 Å². The summed E-state index contributed by atoms with van der Waals surface area (Å²) in [5, 5.41) is 2.77. The van der Waals surface area contributed by atoms with E-state index in [9.17, 15) is 4.79 Å². The third-order valence-corrected chi connectivity index (χ3v) is 3.94. The molecule has 0 saturated heterocycles. The smallest absolute Gasteiger partial charge is 0.262 e. The zero-order valence-corrected chi connectivity index (χ0v) is 15.3. The third-order valence-electron chi connectivity index (χ3n) is 2.90. The zero-order chi connectivity index (χ0) is 16.1. The van der Waals surface area contributed by atoms with Crippen molar-refractivity contribution in [2.75, 3.05) is 19.0 Å². The second-order valence-corrected chi connectivity index (χ2v) is 6.37. The van der Waals surface area contributed by atoms with Gasteiger partial charge in [0.05, 0.1) is 11.6 Å². The molecule has 0 bridgehead atoms. The van der Waals surface area contributed by atoms with Gasteiger partial charge in [-0.05, 0) is 52.7 Å². The molecule has 0 aliphatic rings. The van der Waals surface area contributed by atoms with Crippen LogP contribution in [0.2, 0.25) is 0 Å². The SMILES string of the molecule is COc1cccc(NC(=O)COc2c(C)cc(Br)cc2Br)c1. The van der Waals surface area contributed by atoms with Crippen molar-refractivity contribution < 1.29 is 14.3 Å². The standard InChI is InChI=1S/C16H15Br2NO3/c1-10-6-11(17)7-14(18)16(10)22-9-15(20)19-12-4-3-5-13(8-12)21-2/h3-8H,9H2,1-2H3,(H,19,20). The Morgan fingerprint density at radius 2 is 2.00 bits per heavy atom. The fourth-order valence-electron chi connectivity index (χ4n) is 1.91. The Kier molecular flexibility index (Phi) is 5.85. The van der Waals surface area contributed by atoms with Crippen molar-refractivity contribution in [3.63, 3.8) is 0 Å². The fourth-order valence-corrected chi connectivity index (χ4v) is 3.46. The maximum absolute atomic E-state index is 12.0. The van der Waals surface area contributed by atoms with E-state index in [-0.39, 0.29) is 12.5 Å². The van der Waals surface area contributed by atoms with Crippen LogP contribution in [0.25, 0.3) is 0 Å². The normalized spacial score (nSPS) is 10.2. The number of aryl methyl sites for hydroxylation is 1. The molecule has 0 fully saturated rings. The van der Waals surface area contributed by atoms with Gasteiger partial charge < -0.3 is 14.8 Å². The Hall–Kier alpha value is -1.53. The minimum Gasteiger partial charge on any atom is -0.497 e. The van der Waals surface area contributed by atoms with Crippen LogP contribution in [0.5, 0.6) is 11.5 Å². The molecule has 0 radical (unpaired) electrons. The lowest BCUT2D eigenvalue weighted by molar-refractivity contribution is -0.118. The predicted octanol–water partition coefficient (Wildman–Crippen LogP) is 4.55. The summed E-state index contributed by atoms with van der Waals surface area (Å²) in [6.45, 7) is 1.85. The largest absolute Gasteiger partial charge is 0.497 e. The molecule has 1 N–H and O–H groups in total. The van der Waals surface area contributed by atoms with Crippen LogP contribution in [0.1, 0.15) is 5.56 Å². The Morgan fingerprint density at radius 1 is 1.23 bits per heavy atom. The highest BCUT2D eigenvalue weighted by molar-refractivity contribution is 9.11. The van der Waals surface area contributed by atoms with Crippen LogP contribution in [-0.4, -0.2) is 19.6 Å². The van der Waals surface area contributed by atoms with Crippen LogP contribution in [0.15, 0.2) is 45.3 Å². The Balaban J connectivity index is 1.98. The number of carbonyl (C=O) groups excluding carboxylic acids is 1. The van der Waals surface area contributed by atoms with E-state index in [1.807, 2.05) is 31.2 Å². The molecule has 6 heteroatoms. The molecular weight excluding hydrogens is 414 g/mol. The molecule has 22 heavy (non-hydrogen) atoms. The molecule has 0 heterocycles. The van der Waals surface area contributed by atoms with E-state index in [4.69, 9.17) is 9.47 Å². The van der Waals surface area contributed by atoms with Crippen LogP contribution in [0.3, 0.4) is 0 Å². The van der Waals surface area contributed by atoms with Crippen molar-refractivity contribution in [1.29, 1.82) is 0 Å². The van der Waals surface area contributed by atoms with Crippen LogP contribution in [0.4, 0.5) is 5.69 Å². The zero-order valence-electron chi connectivity index (χ0n) is 12.2. The Labute approximate surface area is 146 Å². The van der Waals surface area contributed by atoms with Gasteiger partial charge in [-0.25, -0.2) is 0 Å². The maximum Gasteiger partial charge on any atom is 0.262 e. The van der Waals surface area contributed by atoms with Crippen molar-refractivity contribution in [2.45, 2.75) is 6.92 Å². The van der Waals surface area contributed by atoms with Gasteiger partial charge in [-0.2, -0.15) is 0 Å². The second-order valence-electron chi connectivity index (χ2n) is 4.60. The fraction of sp³-hybridized carbons (Fsp3) is 0.188. The average molecular weight is 429 g/mol. The highest BCUT2D eigenvalue weighted by Gasteiger charge is 2.10. The van der Waals surface area contributed by atoms with Crippen molar-refractivity contribution in [1.82, 2.24) is 0 Å². The van der Waals surface area contributed by atoms with Gasteiger partial charge in [-0.15, -0.1) is 0 Å². The van der Waals surface area contributed by atoms with Gasteiger partial charge in [0.15, 0.2) is 6.61 Å². The molecular formula is C16H15Br2NO3. The number of amides is 1. The average Bonchev–Trinajstić information content (AvgIpc) is 2.46. The lowest BCUT2D eigenvalue weighted by atomic mass is 10.2. The Bertz CT molecular complexity index is 666. The third kappa shape index (κ3) is 4.48. The van der Waals surface area contributed by atoms with E-state index < -0.39 is 0 Å². The van der Waals surface area contributed by atoms with E-state index in [1.54, 1.807) is 19.2 Å². The van der Waals surface area contributed by atoms with Gasteiger partial charge in [0.25, 0.3) is 5.91 Å². The molecule has 4 nitrogen and oxygen atoms in total. The summed E-state index contributed by atoms with van der Waals surface area (Å²) >= 11 is 6.84. The molecule has 0 aromatic heterocycles. The number of hydrogen-bond donors (Lipinski definition) is 1. The number of nitrogens with one attached hydrogen (secondary N) is 1. The lowest BCUT2D eigenvalue weighted by Crippen LogP contribution is -2.20. The summed E-state index contributed by atoms with van der Waals surface area (Å²) in [6, 6.07) is 11.0. The van der Waals surface area contributed by atoms with Gasteiger partial charge >= 0.3 is 0 Å². The molecule has 2 aromatic rings. The highest BCUT2D eigenvalue weighted by atomic mass is 79.9. The predicted molar refractivity (Wildman–Crippen MR) is 93.7 cm³/mol. The van der Waals surface area contributed by atoms with Gasteiger partial charge in [-0.1, -0.05) is 22.0 Å². The molecule has 0 atom stereocenters. The molecule has 2 rings (SSSR count). The first kappa shape index (κ1) is 16.8. The Morgan fingerprint density at radius 3 is 2.68 bits per heavy atom. The molecule has 1 amide bonds. The summed E-state index contributed by atoms with van der Waals surface area (Å²) in [6.07, 6.45) is 0. The number of benzene rings is 2. The monoisotopic (exact) mass is 427 g/mol. The van der Waals surface area contributed by atoms with Gasteiger partial charge in [0, 0.05) is 16.2 Å². The first-order valence-electron chi connectivity index (χ1n) is 6.52. The van der Waals surface area contributed by atoms with Gasteiger partial charge in [0.1, 0.15) is 11.5 Å². The summed E-state index contributed by atoms with van der Waals surface area (Å²) in [5.74, 6) is 1.11. The molecule has 0 unspecified atom stereocenters. The number of halogens is 2. The van der Waals surface area contributed by atoms with E-state index in [2.05, 4.69) is 37.2 Å². The molecule has 0 spiro atoms. The number of rotatable bonds is 5. The van der Waals surface area contributed by atoms with Crippen molar-refractivity contribution in [3.8, 4) is 11.5 Å². The minimum atomic E-state index is -0.234. The number of ether oxygens (including phenoxy) is 2. The highest BCUT2D eigenvalue weighted by Crippen LogP contribution is 2.32. The molecule has 0 aliphatic carbocycles. The van der Waals surface area contributed by atoms with E-state index in [1.165, 1.54) is 0 Å². The number of carbonyl (C=O) groups is 1. The summed E-state index contributed by atoms with van der Waals surface area (Å²) in [4.78, 5) is 12.0. The summed E-state index contributed by atoms with van der Waals surface area (Å²) in [5.41, 5.74) is 1.61. The second kappa shape index (κ2) is 7.65. The number of hydrogen-bond acceptors (Lipinski definition) is 3. The summed E-state index contributed by atoms with van der Waals surface area (Å²) < 4.78 is 12.5. The van der Waals surface area contributed by atoms with Crippen molar-refractivity contribution >= 4 is 43.5 Å². The number of methoxy groups -OCH3 is 1. The first-order valence-corrected chi connectivity index (χ1v) is 8.10. The van der Waals surface area contributed by atoms with Crippen LogP contribution < -0.4 is 14.8 Å². The van der Waals surface area contributed by atoms with Crippen LogP contribution in [-0.2, 0) is 4.79 Å². The molecule has 116 valence electrons. The maximum atomic E-state index is 12.0. The quantitative estimate of drug-likeness (QED) is 0.759. The van der Waals surface area contributed by atoms with Crippen molar-refractivity contribution in [2.24, 2.45) is 0 Å². The molecule has 0 saturated carbocycles. The first-order chi connectivity index (χ1) is 10.5. The van der Waals surface area contributed by atoms with E-state index in [0.29, 0.717) is 17.2 Å². The topological polar surface area (TPSA) is 47.6 Å². The number of anilines is 1. The summed E-state index contributed by atoms with van der Waals surface area (Å²) in [7, 11) is 1.58. The van der Waals surface area contributed by atoms with E-state index >= 15 is 0 Å². The van der Waals surface area contributed by atoms with Crippen molar-refractivity contribution in [3.05, 3.63) is 50.9 Å². The van der Waals surface area contributed by atoms with Gasteiger partial charge in [-0.3, -0.25) is 4.79 Å². The van der Waals surface area contributed by atoms with Crippen LogP contribution >= 0.6 is 31.9 Å².